The molecule has 2 aromatic carbocycles. The van der Waals surface area contributed by atoms with Crippen LogP contribution in [0.4, 0.5) is 0 Å². The summed E-state index contributed by atoms with van der Waals surface area (Å²) < 4.78 is 5.07. The molecular formula is C25H16N2O4. The fraction of sp³-hybridized carbons (Fsp3) is 0.0400. The lowest BCUT2D eigenvalue weighted by Gasteiger charge is -2.01. The Hall–Kier alpha value is -4.32. The van der Waals surface area contributed by atoms with E-state index < -0.39 is 0 Å². The highest BCUT2D eigenvalue weighted by Gasteiger charge is 2.28. The zero-order chi connectivity index (χ0) is 21.5. The molecule has 6 heteroatoms. The minimum absolute atomic E-state index is 0.0231. The van der Waals surface area contributed by atoms with Gasteiger partial charge in [-0.15, -0.1) is 0 Å². The second kappa shape index (κ2) is 7.18. The number of fused-ring (bicyclic) bond motifs is 6. The number of rotatable bonds is 1. The van der Waals surface area contributed by atoms with E-state index in [0.29, 0.717) is 28.1 Å². The van der Waals surface area contributed by atoms with E-state index in [-0.39, 0.29) is 17.3 Å². The van der Waals surface area contributed by atoms with Crippen LogP contribution < -0.4 is 4.74 Å². The molecule has 1 N–H and O–H groups in total. The minimum atomic E-state index is -0.0657. The maximum Gasteiger partial charge on any atom is 0.196 e. The van der Waals surface area contributed by atoms with Crippen LogP contribution in [0.2, 0.25) is 0 Å². The quantitative estimate of drug-likeness (QED) is 0.436. The maximum atomic E-state index is 12.1. The molecule has 0 unspecified atom stereocenters. The van der Waals surface area contributed by atoms with Crippen molar-refractivity contribution in [3.05, 3.63) is 95.3 Å². The first-order valence-electron chi connectivity index (χ1n) is 9.59. The molecule has 0 saturated heterocycles. The summed E-state index contributed by atoms with van der Waals surface area (Å²) in [7, 11) is 1.57. The Morgan fingerprint density at radius 3 is 1.71 bits per heavy atom. The molecule has 31 heavy (non-hydrogen) atoms. The average molecular weight is 408 g/mol. The predicted octanol–water partition coefficient (Wildman–Crippen LogP) is 4.30. The van der Waals surface area contributed by atoms with Crippen molar-refractivity contribution < 1.29 is 19.4 Å². The van der Waals surface area contributed by atoms with Crippen molar-refractivity contribution in [2.75, 3.05) is 7.11 Å². The Labute approximate surface area is 177 Å². The first kappa shape index (κ1) is 18.7. The van der Waals surface area contributed by atoms with E-state index in [1.54, 1.807) is 25.4 Å². The number of carbonyl (C=O) groups is 2. The van der Waals surface area contributed by atoms with Gasteiger partial charge in [0.15, 0.2) is 11.6 Å². The molecular weight excluding hydrogens is 392 g/mol. The highest BCUT2D eigenvalue weighted by molar-refractivity contribution is 6.21. The number of nitrogens with zero attached hydrogens (tertiary/aromatic N) is 2. The molecule has 6 nitrogen and oxygen atoms in total. The van der Waals surface area contributed by atoms with Crippen LogP contribution in [0.25, 0.3) is 22.5 Å². The van der Waals surface area contributed by atoms with Gasteiger partial charge in [-0.05, 0) is 12.1 Å². The summed E-state index contributed by atoms with van der Waals surface area (Å²) in [6, 6.07) is 18.0. The Balaban J connectivity index is 0.000000132. The van der Waals surface area contributed by atoms with Crippen LogP contribution in [-0.2, 0) is 0 Å². The number of ether oxygens (including phenoxy) is 1. The van der Waals surface area contributed by atoms with Crippen molar-refractivity contribution in [1.82, 2.24) is 9.97 Å². The van der Waals surface area contributed by atoms with E-state index in [1.165, 1.54) is 12.3 Å². The van der Waals surface area contributed by atoms with E-state index in [9.17, 15) is 14.7 Å². The standard InChI is InChI=1S/C13H9NO2.C12H7NO2/c1-16-8-6-11-12(14-7-8)9-4-2-3-5-10(9)13(11)15;14-7-5-10-11(13-6-7)8-3-1-2-4-9(8)12(10)15/h2-7H,1H3;1-6,14H. The summed E-state index contributed by atoms with van der Waals surface area (Å²) in [6.45, 7) is 0. The van der Waals surface area contributed by atoms with E-state index >= 15 is 0 Å². The first-order chi connectivity index (χ1) is 15.1. The van der Waals surface area contributed by atoms with Gasteiger partial charge in [0, 0.05) is 22.3 Å². The zero-order valence-electron chi connectivity index (χ0n) is 16.5. The molecule has 0 bridgehead atoms. The van der Waals surface area contributed by atoms with Crippen LogP contribution in [-0.4, -0.2) is 33.8 Å². The lowest BCUT2D eigenvalue weighted by molar-refractivity contribution is 0.103. The molecule has 150 valence electrons. The van der Waals surface area contributed by atoms with Gasteiger partial charge in [0.2, 0.25) is 0 Å². The maximum absolute atomic E-state index is 12.1. The first-order valence-corrected chi connectivity index (χ1v) is 9.59. The van der Waals surface area contributed by atoms with Gasteiger partial charge in [-0.2, -0.15) is 0 Å². The SMILES string of the molecule is COc1cnc2c(c1)C(=O)c1ccccc1-2.O=C1c2ccccc2-c2ncc(O)cc21. The Kier molecular flexibility index (Phi) is 4.33. The molecule has 4 aromatic rings. The summed E-state index contributed by atoms with van der Waals surface area (Å²) in [4.78, 5) is 32.3. The molecule has 0 saturated carbocycles. The smallest absolute Gasteiger partial charge is 0.196 e. The van der Waals surface area contributed by atoms with E-state index in [1.807, 2.05) is 42.5 Å². The number of pyridine rings is 2. The van der Waals surface area contributed by atoms with Crippen LogP contribution in [0.3, 0.4) is 0 Å². The average Bonchev–Trinajstić information content (AvgIpc) is 3.26. The van der Waals surface area contributed by atoms with Gasteiger partial charge in [0.05, 0.1) is 42.0 Å². The fourth-order valence-electron chi connectivity index (χ4n) is 3.85. The number of carbonyl (C=O) groups excluding carboxylic acids is 2. The van der Waals surface area contributed by atoms with Crippen LogP contribution in [0.1, 0.15) is 31.8 Å². The van der Waals surface area contributed by atoms with Crippen molar-refractivity contribution in [3.8, 4) is 34.0 Å². The predicted molar refractivity (Wildman–Crippen MR) is 114 cm³/mol. The number of hydrogen-bond acceptors (Lipinski definition) is 6. The van der Waals surface area contributed by atoms with Gasteiger partial charge in [-0.1, -0.05) is 48.5 Å². The highest BCUT2D eigenvalue weighted by atomic mass is 16.5. The van der Waals surface area contributed by atoms with E-state index in [4.69, 9.17) is 4.74 Å². The topological polar surface area (TPSA) is 89.4 Å². The number of aromatic nitrogens is 2. The number of ketones is 2. The molecule has 0 aliphatic heterocycles. The third kappa shape index (κ3) is 2.97. The second-order valence-electron chi connectivity index (χ2n) is 7.11. The molecule has 0 amide bonds. The minimum Gasteiger partial charge on any atom is -0.506 e. The number of hydrogen-bond donors (Lipinski definition) is 1. The van der Waals surface area contributed by atoms with Crippen LogP contribution >= 0.6 is 0 Å². The number of methoxy groups -OCH3 is 1. The molecule has 2 aromatic heterocycles. The van der Waals surface area contributed by atoms with Crippen molar-refractivity contribution in [2.45, 2.75) is 0 Å². The number of benzene rings is 2. The molecule has 0 spiro atoms. The van der Waals surface area contributed by atoms with Gasteiger partial charge >= 0.3 is 0 Å². The molecule has 0 fully saturated rings. The van der Waals surface area contributed by atoms with Crippen molar-refractivity contribution >= 4 is 11.6 Å². The zero-order valence-corrected chi connectivity index (χ0v) is 16.5. The molecule has 6 rings (SSSR count). The molecule has 2 heterocycles. The monoisotopic (exact) mass is 408 g/mol. The lowest BCUT2D eigenvalue weighted by atomic mass is 10.1. The van der Waals surface area contributed by atoms with Crippen LogP contribution in [0.5, 0.6) is 11.5 Å². The van der Waals surface area contributed by atoms with Gasteiger partial charge in [0.25, 0.3) is 0 Å². The summed E-state index contributed by atoms with van der Waals surface area (Å²) in [6.07, 6.45) is 2.99. The van der Waals surface area contributed by atoms with E-state index in [2.05, 4.69) is 9.97 Å². The largest absolute Gasteiger partial charge is 0.506 e. The third-order valence-corrected chi connectivity index (χ3v) is 5.31. The summed E-state index contributed by atoms with van der Waals surface area (Å²) in [5.74, 6) is 0.593. The van der Waals surface area contributed by atoms with Crippen LogP contribution in [0.15, 0.2) is 73.1 Å². The molecule has 2 aliphatic rings. The Bertz CT molecular complexity index is 1380. The summed E-state index contributed by atoms with van der Waals surface area (Å²) in [5.41, 5.74) is 5.65. The van der Waals surface area contributed by atoms with Gasteiger partial charge in [0.1, 0.15) is 11.5 Å². The van der Waals surface area contributed by atoms with Crippen LogP contribution in [0, 0.1) is 0 Å². The van der Waals surface area contributed by atoms with Gasteiger partial charge in [-0.3, -0.25) is 19.6 Å². The summed E-state index contributed by atoms with van der Waals surface area (Å²) in [5, 5.41) is 9.28. The molecule has 2 aliphatic carbocycles. The second-order valence-corrected chi connectivity index (χ2v) is 7.11. The molecule has 0 atom stereocenters. The Morgan fingerprint density at radius 1 is 0.677 bits per heavy atom. The van der Waals surface area contributed by atoms with Crippen molar-refractivity contribution in [1.29, 1.82) is 0 Å². The van der Waals surface area contributed by atoms with Crippen molar-refractivity contribution in [3.63, 3.8) is 0 Å². The fourth-order valence-corrected chi connectivity index (χ4v) is 3.85. The third-order valence-electron chi connectivity index (χ3n) is 5.31. The number of aromatic hydroxyl groups is 1. The van der Waals surface area contributed by atoms with Crippen molar-refractivity contribution in [2.24, 2.45) is 0 Å². The van der Waals surface area contributed by atoms with Gasteiger partial charge < -0.3 is 9.84 Å². The highest BCUT2D eigenvalue weighted by Crippen LogP contribution is 2.37. The normalized spacial score (nSPS) is 12.3. The summed E-state index contributed by atoms with van der Waals surface area (Å²) >= 11 is 0. The lowest BCUT2D eigenvalue weighted by Crippen LogP contribution is -1.96. The van der Waals surface area contributed by atoms with E-state index in [0.717, 1.165) is 22.4 Å². The van der Waals surface area contributed by atoms with Gasteiger partial charge in [-0.25, -0.2) is 0 Å². The molecule has 0 radical (unpaired) electrons. The Morgan fingerprint density at radius 2 is 1.16 bits per heavy atom.